The Morgan fingerprint density at radius 1 is 1.03 bits per heavy atom. The molecular formula is C24H23F3N2. The van der Waals surface area contributed by atoms with Gasteiger partial charge in [-0.05, 0) is 66.1 Å². The molecule has 150 valence electrons. The zero-order valence-corrected chi connectivity index (χ0v) is 16.3. The van der Waals surface area contributed by atoms with Gasteiger partial charge < -0.3 is 0 Å². The highest BCUT2D eigenvalue weighted by Gasteiger charge is 2.30. The van der Waals surface area contributed by atoms with E-state index in [4.69, 9.17) is 0 Å². The second kappa shape index (κ2) is 7.99. The summed E-state index contributed by atoms with van der Waals surface area (Å²) in [5.74, 6) is 0. The van der Waals surface area contributed by atoms with Crippen LogP contribution >= 0.6 is 0 Å². The van der Waals surface area contributed by atoms with Gasteiger partial charge in [0.1, 0.15) is 0 Å². The number of hydrogen-bond donors (Lipinski definition) is 0. The molecule has 29 heavy (non-hydrogen) atoms. The van der Waals surface area contributed by atoms with Crippen molar-refractivity contribution in [1.29, 1.82) is 0 Å². The van der Waals surface area contributed by atoms with Gasteiger partial charge in [-0.3, -0.25) is 9.88 Å². The van der Waals surface area contributed by atoms with Crippen LogP contribution in [0.5, 0.6) is 0 Å². The molecule has 2 aromatic carbocycles. The SMILES string of the molecule is Cc1cc2ccc(CCN3CC=C(c4cccc(C(F)(F)F)c4)CC3)cc2cn1. The second-order valence-electron chi connectivity index (χ2n) is 7.62. The van der Waals surface area contributed by atoms with E-state index < -0.39 is 11.7 Å². The van der Waals surface area contributed by atoms with E-state index in [1.807, 2.05) is 13.1 Å². The van der Waals surface area contributed by atoms with E-state index in [0.717, 1.165) is 55.2 Å². The van der Waals surface area contributed by atoms with E-state index in [0.29, 0.717) is 5.56 Å². The fourth-order valence-corrected chi connectivity index (χ4v) is 3.82. The Bertz CT molecular complexity index is 1050. The van der Waals surface area contributed by atoms with Crippen molar-refractivity contribution in [2.75, 3.05) is 19.6 Å². The largest absolute Gasteiger partial charge is 0.416 e. The Kier molecular flexibility index (Phi) is 5.41. The molecule has 0 aliphatic carbocycles. The van der Waals surface area contributed by atoms with Crippen LogP contribution in [0.25, 0.3) is 16.3 Å². The molecule has 2 heterocycles. The summed E-state index contributed by atoms with van der Waals surface area (Å²) in [7, 11) is 0. The molecule has 2 nitrogen and oxygen atoms in total. The summed E-state index contributed by atoms with van der Waals surface area (Å²) in [6.07, 6.45) is 1.38. The molecule has 0 fully saturated rings. The van der Waals surface area contributed by atoms with Gasteiger partial charge in [0.2, 0.25) is 0 Å². The van der Waals surface area contributed by atoms with Gasteiger partial charge in [0.15, 0.2) is 0 Å². The lowest BCUT2D eigenvalue weighted by atomic mass is 9.97. The second-order valence-corrected chi connectivity index (χ2v) is 7.62. The van der Waals surface area contributed by atoms with Gasteiger partial charge in [0.25, 0.3) is 0 Å². The summed E-state index contributed by atoms with van der Waals surface area (Å²) in [6, 6.07) is 14.2. The van der Waals surface area contributed by atoms with Gasteiger partial charge in [0.05, 0.1) is 5.56 Å². The lowest BCUT2D eigenvalue weighted by Gasteiger charge is -2.26. The molecule has 0 N–H and O–H groups in total. The molecule has 1 aliphatic heterocycles. The van der Waals surface area contributed by atoms with Crippen molar-refractivity contribution >= 4 is 16.3 Å². The number of aryl methyl sites for hydroxylation is 1. The van der Waals surface area contributed by atoms with Crippen LogP contribution in [-0.4, -0.2) is 29.5 Å². The Labute approximate surface area is 168 Å². The maximum absolute atomic E-state index is 12.9. The highest BCUT2D eigenvalue weighted by molar-refractivity contribution is 5.82. The van der Waals surface area contributed by atoms with Crippen LogP contribution in [0, 0.1) is 6.92 Å². The van der Waals surface area contributed by atoms with Gasteiger partial charge in [-0.25, -0.2) is 0 Å². The molecule has 0 saturated carbocycles. The third-order valence-electron chi connectivity index (χ3n) is 5.49. The quantitative estimate of drug-likeness (QED) is 0.546. The van der Waals surface area contributed by atoms with Gasteiger partial charge >= 0.3 is 6.18 Å². The minimum Gasteiger partial charge on any atom is -0.299 e. The summed E-state index contributed by atoms with van der Waals surface area (Å²) in [5.41, 5.74) is 3.38. The summed E-state index contributed by atoms with van der Waals surface area (Å²) in [5, 5.41) is 2.35. The molecular weight excluding hydrogens is 373 g/mol. The third-order valence-corrected chi connectivity index (χ3v) is 5.49. The Balaban J connectivity index is 1.38. The summed E-state index contributed by atoms with van der Waals surface area (Å²) in [4.78, 5) is 6.71. The zero-order chi connectivity index (χ0) is 20.4. The van der Waals surface area contributed by atoms with Crippen molar-refractivity contribution < 1.29 is 13.2 Å². The predicted octanol–water partition coefficient (Wildman–Crippen LogP) is 5.89. The number of halogens is 3. The normalized spacial score (nSPS) is 15.5. The number of rotatable bonds is 4. The highest BCUT2D eigenvalue weighted by Crippen LogP contribution is 2.32. The standard InChI is InChI=1S/C24H23F3N2/c1-17-13-21-6-5-18(14-22(21)16-28-17)7-10-29-11-8-19(9-12-29)20-3-2-4-23(15-20)24(25,26)27/h2-6,8,13-16H,7,9-12H2,1H3. The minimum atomic E-state index is -4.30. The van der Waals surface area contributed by atoms with Crippen LogP contribution in [0.3, 0.4) is 0 Å². The fourth-order valence-electron chi connectivity index (χ4n) is 3.82. The van der Waals surface area contributed by atoms with Gasteiger partial charge in [-0.1, -0.05) is 30.3 Å². The first-order valence-corrected chi connectivity index (χ1v) is 9.83. The number of aromatic nitrogens is 1. The Hall–Kier alpha value is -2.66. The topological polar surface area (TPSA) is 16.1 Å². The minimum absolute atomic E-state index is 0.584. The van der Waals surface area contributed by atoms with E-state index in [1.54, 1.807) is 6.07 Å². The molecule has 0 atom stereocenters. The molecule has 0 bridgehead atoms. The van der Waals surface area contributed by atoms with Gasteiger partial charge in [-0.2, -0.15) is 13.2 Å². The van der Waals surface area contributed by atoms with Crippen molar-refractivity contribution in [3.05, 3.63) is 83.2 Å². The van der Waals surface area contributed by atoms with Crippen molar-refractivity contribution in [3.63, 3.8) is 0 Å². The number of hydrogen-bond acceptors (Lipinski definition) is 2. The fraction of sp³-hybridized carbons (Fsp3) is 0.292. The molecule has 0 radical (unpaired) electrons. The zero-order valence-electron chi connectivity index (χ0n) is 16.3. The maximum Gasteiger partial charge on any atom is 0.416 e. The van der Waals surface area contributed by atoms with Crippen LogP contribution in [0.1, 0.15) is 28.8 Å². The smallest absolute Gasteiger partial charge is 0.299 e. The van der Waals surface area contributed by atoms with E-state index in [-0.39, 0.29) is 0 Å². The van der Waals surface area contributed by atoms with Crippen molar-refractivity contribution in [2.24, 2.45) is 0 Å². The number of benzene rings is 2. The Morgan fingerprint density at radius 3 is 2.66 bits per heavy atom. The first-order chi connectivity index (χ1) is 13.9. The first-order valence-electron chi connectivity index (χ1n) is 9.83. The summed E-state index contributed by atoms with van der Waals surface area (Å²) < 4.78 is 38.8. The van der Waals surface area contributed by atoms with Crippen molar-refractivity contribution in [3.8, 4) is 0 Å². The van der Waals surface area contributed by atoms with E-state index in [2.05, 4.69) is 40.2 Å². The van der Waals surface area contributed by atoms with E-state index in [1.165, 1.54) is 23.1 Å². The van der Waals surface area contributed by atoms with Crippen LogP contribution in [-0.2, 0) is 12.6 Å². The number of nitrogens with zero attached hydrogens (tertiary/aromatic N) is 2. The van der Waals surface area contributed by atoms with Crippen LogP contribution < -0.4 is 0 Å². The Morgan fingerprint density at radius 2 is 1.90 bits per heavy atom. The maximum atomic E-state index is 12.9. The van der Waals surface area contributed by atoms with Crippen LogP contribution in [0.2, 0.25) is 0 Å². The molecule has 0 spiro atoms. The molecule has 5 heteroatoms. The molecule has 0 unspecified atom stereocenters. The summed E-state index contributed by atoms with van der Waals surface area (Å²) in [6.45, 7) is 4.54. The van der Waals surface area contributed by atoms with Crippen molar-refractivity contribution in [2.45, 2.75) is 25.9 Å². The predicted molar refractivity (Wildman–Crippen MR) is 111 cm³/mol. The third kappa shape index (κ3) is 4.67. The molecule has 1 aliphatic rings. The van der Waals surface area contributed by atoms with Crippen LogP contribution in [0.4, 0.5) is 13.2 Å². The monoisotopic (exact) mass is 396 g/mol. The molecule has 4 rings (SSSR count). The average molecular weight is 396 g/mol. The van der Waals surface area contributed by atoms with Gasteiger partial charge in [0, 0.05) is 36.9 Å². The van der Waals surface area contributed by atoms with Crippen molar-refractivity contribution in [1.82, 2.24) is 9.88 Å². The average Bonchev–Trinajstić information content (AvgIpc) is 2.72. The van der Waals surface area contributed by atoms with Gasteiger partial charge in [-0.15, -0.1) is 0 Å². The lowest BCUT2D eigenvalue weighted by molar-refractivity contribution is -0.137. The highest BCUT2D eigenvalue weighted by atomic mass is 19.4. The lowest BCUT2D eigenvalue weighted by Crippen LogP contribution is -2.30. The van der Waals surface area contributed by atoms with Crippen LogP contribution in [0.15, 0.2) is 60.8 Å². The first kappa shape index (κ1) is 19.6. The van der Waals surface area contributed by atoms with E-state index in [9.17, 15) is 13.2 Å². The summed E-state index contributed by atoms with van der Waals surface area (Å²) >= 11 is 0. The number of alkyl halides is 3. The molecule has 0 amide bonds. The van der Waals surface area contributed by atoms with E-state index >= 15 is 0 Å². The number of fused-ring (bicyclic) bond motifs is 1. The molecule has 3 aromatic rings. The molecule has 0 saturated heterocycles. The molecule has 1 aromatic heterocycles. The number of pyridine rings is 1.